The summed E-state index contributed by atoms with van der Waals surface area (Å²) in [6.45, 7) is 2.19. The van der Waals surface area contributed by atoms with Crippen LogP contribution in [0.15, 0.2) is 10.4 Å². The quantitative estimate of drug-likeness (QED) is 0.625. The van der Waals surface area contributed by atoms with E-state index in [-0.39, 0.29) is 5.97 Å². The molecule has 0 radical (unpaired) electrons. The van der Waals surface area contributed by atoms with Gasteiger partial charge in [-0.25, -0.2) is 9.78 Å². The number of nitrogens with zero attached hydrogens (tertiary/aromatic N) is 2. The van der Waals surface area contributed by atoms with Crippen molar-refractivity contribution in [2.24, 2.45) is 7.05 Å². The van der Waals surface area contributed by atoms with Gasteiger partial charge in [0.1, 0.15) is 5.69 Å². The zero-order valence-corrected chi connectivity index (χ0v) is 10.9. The molecule has 0 aliphatic heterocycles. The topological polar surface area (TPSA) is 44.1 Å². The lowest BCUT2D eigenvalue weighted by atomic mass is 10.4. The number of rotatable bonds is 3. The maximum absolute atomic E-state index is 11.6. The highest BCUT2D eigenvalue weighted by Gasteiger charge is 2.17. The van der Waals surface area contributed by atoms with Crippen molar-refractivity contribution < 1.29 is 9.53 Å². The van der Waals surface area contributed by atoms with Crippen LogP contribution >= 0.6 is 23.1 Å². The number of aryl methyl sites for hydroxylation is 1. The van der Waals surface area contributed by atoms with Crippen molar-refractivity contribution in [1.82, 2.24) is 9.55 Å². The Morgan fingerprint density at radius 1 is 1.69 bits per heavy atom. The summed E-state index contributed by atoms with van der Waals surface area (Å²) in [4.78, 5) is 16.0. The molecule has 0 N–H and O–H groups in total. The molecule has 0 saturated heterocycles. The first-order valence-electron chi connectivity index (χ1n) is 4.84. The van der Waals surface area contributed by atoms with Crippen molar-refractivity contribution in [3.63, 3.8) is 0 Å². The summed E-state index contributed by atoms with van der Waals surface area (Å²) >= 11 is 3.20. The summed E-state index contributed by atoms with van der Waals surface area (Å²) < 4.78 is 8.79. The monoisotopic (exact) mass is 256 g/mol. The first-order chi connectivity index (χ1) is 7.67. The van der Waals surface area contributed by atoms with E-state index in [1.165, 1.54) is 0 Å². The van der Waals surface area contributed by atoms with Crippen LogP contribution in [-0.2, 0) is 11.8 Å². The third kappa shape index (κ3) is 1.82. The summed E-state index contributed by atoms with van der Waals surface area (Å²) in [6.07, 6.45) is 1.99. The van der Waals surface area contributed by atoms with Gasteiger partial charge in [0.2, 0.25) is 0 Å². The van der Waals surface area contributed by atoms with Crippen LogP contribution in [-0.4, -0.2) is 28.4 Å². The molecule has 0 spiro atoms. The molecule has 0 saturated carbocycles. The Bertz CT molecular complexity index is 530. The molecule has 0 aliphatic rings. The third-order valence-electron chi connectivity index (χ3n) is 2.22. The van der Waals surface area contributed by atoms with Gasteiger partial charge in [-0.05, 0) is 19.2 Å². The predicted molar refractivity (Wildman–Crippen MR) is 66.3 cm³/mol. The van der Waals surface area contributed by atoms with Crippen LogP contribution in [0.3, 0.4) is 0 Å². The average Bonchev–Trinajstić information content (AvgIpc) is 2.79. The van der Waals surface area contributed by atoms with Crippen molar-refractivity contribution in [2.75, 3.05) is 12.9 Å². The number of fused-ring (bicyclic) bond motifs is 1. The van der Waals surface area contributed by atoms with Gasteiger partial charge in [0.25, 0.3) is 0 Å². The lowest BCUT2D eigenvalue weighted by molar-refractivity contribution is 0.0516. The Hall–Kier alpha value is -1.01. The molecule has 6 heteroatoms. The van der Waals surface area contributed by atoms with Gasteiger partial charge < -0.3 is 9.30 Å². The van der Waals surface area contributed by atoms with Crippen LogP contribution in [0, 0.1) is 0 Å². The summed E-state index contributed by atoms with van der Waals surface area (Å²) in [6, 6.07) is 1.84. The smallest absolute Gasteiger partial charge is 0.355 e. The fourth-order valence-electron chi connectivity index (χ4n) is 1.46. The number of carbonyl (C=O) groups is 1. The van der Waals surface area contributed by atoms with E-state index >= 15 is 0 Å². The number of esters is 1. The largest absolute Gasteiger partial charge is 0.461 e. The second kappa shape index (κ2) is 4.47. The van der Waals surface area contributed by atoms with Crippen LogP contribution in [0.1, 0.15) is 17.4 Å². The number of thioether (sulfide) groups is 1. The third-order valence-corrected chi connectivity index (χ3v) is 4.20. The Kier molecular flexibility index (Phi) is 3.20. The fraction of sp³-hybridized carbons (Fsp3) is 0.400. The zero-order valence-electron chi connectivity index (χ0n) is 9.31. The highest BCUT2D eigenvalue weighted by Crippen LogP contribution is 2.30. The maximum atomic E-state index is 11.6. The molecular formula is C10H12N2O2S2. The van der Waals surface area contributed by atoms with Crippen molar-refractivity contribution in [3.8, 4) is 0 Å². The van der Waals surface area contributed by atoms with Crippen molar-refractivity contribution in [1.29, 1.82) is 0 Å². The van der Waals surface area contributed by atoms with E-state index in [4.69, 9.17) is 4.74 Å². The summed E-state index contributed by atoms with van der Waals surface area (Å²) in [7, 11) is 1.83. The van der Waals surface area contributed by atoms with Gasteiger partial charge >= 0.3 is 5.97 Å². The Labute approximate surface area is 102 Å². The van der Waals surface area contributed by atoms with Crippen LogP contribution < -0.4 is 0 Å². The average molecular weight is 256 g/mol. The minimum Gasteiger partial charge on any atom is -0.461 e. The minimum atomic E-state index is -0.291. The SMILES string of the molecule is CCOC(=O)c1cc2sc(SC)nc2n1C. The molecule has 2 aromatic rings. The molecule has 0 aromatic carbocycles. The van der Waals surface area contributed by atoms with Gasteiger partial charge in [-0.3, -0.25) is 0 Å². The predicted octanol–water partition coefficient (Wildman–Crippen LogP) is 2.53. The fourth-order valence-corrected chi connectivity index (χ4v) is 3.01. The van der Waals surface area contributed by atoms with E-state index in [0.717, 1.165) is 14.7 Å². The molecule has 86 valence electrons. The summed E-state index contributed by atoms with van der Waals surface area (Å²) in [5, 5.41) is 0. The van der Waals surface area contributed by atoms with Crippen LogP contribution in [0.2, 0.25) is 0 Å². The van der Waals surface area contributed by atoms with E-state index < -0.39 is 0 Å². The van der Waals surface area contributed by atoms with Gasteiger partial charge in [-0.1, -0.05) is 11.8 Å². The lowest BCUT2D eigenvalue weighted by Gasteiger charge is -2.02. The van der Waals surface area contributed by atoms with Crippen molar-refractivity contribution in [3.05, 3.63) is 11.8 Å². The number of hydrogen-bond donors (Lipinski definition) is 0. The molecule has 4 nitrogen and oxygen atoms in total. The number of hydrogen-bond acceptors (Lipinski definition) is 5. The number of ether oxygens (including phenoxy) is 1. The van der Waals surface area contributed by atoms with Gasteiger partial charge in [0.05, 0.1) is 11.3 Å². The molecule has 16 heavy (non-hydrogen) atoms. The first kappa shape index (κ1) is 11.5. The lowest BCUT2D eigenvalue weighted by Crippen LogP contribution is -2.09. The second-order valence-corrected chi connectivity index (χ2v) is 5.26. The minimum absolute atomic E-state index is 0.291. The number of aromatic nitrogens is 2. The zero-order chi connectivity index (χ0) is 11.7. The normalized spacial score (nSPS) is 10.9. The standard InChI is InChI=1S/C10H12N2O2S2/c1-4-14-9(13)6-5-7-8(12(6)2)11-10(15-3)16-7/h5H,4H2,1-3H3. The molecule has 2 aromatic heterocycles. The molecule has 0 unspecified atom stereocenters. The van der Waals surface area contributed by atoms with Gasteiger partial charge in [0.15, 0.2) is 9.99 Å². The van der Waals surface area contributed by atoms with Crippen LogP contribution in [0.4, 0.5) is 0 Å². The van der Waals surface area contributed by atoms with E-state index in [1.807, 2.05) is 19.4 Å². The number of thiazole rings is 1. The van der Waals surface area contributed by atoms with Gasteiger partial charge in [0, 0.05) is 7.05 Å². The Morgan fingerprint density at radius 3 is 3.00 bits per heavy atom. The van der Waals surface area contributed by atoms with Crippen LogP contribution in [0.25, 0.3) is 10.3 Å². The van der Waals surface area contributed by atoms with Gasteiger partial charge in [-0.2, -0.15) is 0 Å². The van der Waals surface area contributed by atoms with E-state index in [2.05, 4.69) is 4.98 Å². The highest BCUT2D eigenvalue weighted by atomic mass is 32.2. The van der Waals surface area contributed by atoms with Gasteiger partial charge in [-0.15, -0.1) is 11.3 Å². The molecule has 2 heterocycles. The van der Waals surface area contributed by atoms with Crippen LogP contribution in [0.5, 0.6) is 0 Å². The highest BCUT2D eigenvalue weighted by molar-refractivity contribution is 8.00. The Balaban J connectivity index is 2.45. The second-order valence-electron chi connectivity index (χ2n) is 3.18. The maximum Gasteiger partial charge on any atom is 0.355 e. The number of carbonyl (C=O) groups excluding carboxylic acids is 1. The van der Waals surface area contributed by atoms with Crippen molar-refractivity contribution in [2.45, 2.75) is 11.3 Å². The summed E-state index contributed by atoms with van der Waals surface area (Å²) in [5.74, 6) is -0.291. The summed E-state index contributed by atoms with van der Waals surface area (Å²) in [5.41, 5.74) is 1.40. The van der Waals surface area contributed by atoms with Crippen molar-refractivity contribution >= 4 is 39.4 Å². The van der Waals surface area contributed by atoms with E-state index in [1.54, 1.807) is 34.6 Å². The molecule has 0 fully saturated rings. The molecule has 2 rings (SSSR count). The molecule has 0 aliphatic carbocycles. The molecule has 0 bridgehead atoms. The Morgan fingerprint density at radius 2 is 2.44 bits per heavy atom. The molecule has 0 atom stereocenters. The molecule has 0 amide bonds. The van der Waals surface area contributed by atoms with E-state index in [0.29, 0.717) is 12.3 Å². The first-order valence-corrected chi connectivity index (χ1v) is 6.88. The molecular weight excluding hydrogens is 244 g/mol. The van der Waals surface area contributed by atoms with E-state index in [9.17, 15) is 4.79 Å².